The molecule has 7 nitrogen and oxygen atoms in total. The number of hydrogen-bond donors (Lipinski definition) is 1. The van der Waals surface area contributed by atoms with E-state index in [4.69, 9.17) is 14.6 Å². The zero-order valence-corrected chi connectivity index (χ0v) is 16.5. The van der Waals surface area contributed by atoms with Crippen molar-refractivity contribution < 1.29 is 29.0 Å². The Bertz CT molecular complexity index is 788. The van der Waals surface area contributed by atoms with E-state index in [9.17, 15) is 14.4 Å². The fraction of sp³-hybridized carbons (Fsp3) is 0.500. The van der Waals surface area contributed by atoms with E-state index in [1.165, 1.54) is 0 Å². The van der Waals surface area contributed by atoms with Crippen molar-refractivity contribution >= 4 is 17.7 Å². The number of amides is 1. The molecule has 2 aliphatic heterocycles. The molecule has 1 saturated heterocycles. The van der Waals surface area contributed by atoms with Gasteiger partial charge in [-0.2, -0.15) is 0 Å². The number of unbranched alkanes of at least 4 members (excludes halogenated alkanes) is 3. The second-order valence-electron chi connectivity index (χ2n) is 7.44. The van der Waals surface area contributed by atoms with Crippen molar-refractivity contribution in [3.8, 4) is 11.5 Å². The van der Waals surface area contributed by atoms with Crippen LogP contribution in [0.2, 0.25) is 0 Å². The molecule has 1 amide bonds. The number of hydrogen-bond acceptors (Lipinski definition) is 5. The molecule has 0 aromatic heterocycles. The van der Waals surface area contributed by atoms with E-state index in [2.05, 4.69) is 0 Å². The van der Waals surface area contributed by atoms with Crippen LogP contribution in [0, 0.1) is 0 Å². The van der Waals surface area contributed by atoms with Crippen LogP contribution in [0.25, 0.3) is 0 Å². The topological polar surface area (TPSA) is 93.1 Å². The van der Waals surface area contributed by atoms with Gasteiger partial charge in [-0.1, -0.05) is 25.0 Å². The molecule has 0 bridgehead atoms. The summed E-state index contributed by atoms with van der Waals surface area (Å²) >= 11 is 0. The normalized spacial score (nSPS) is 18.0. The summed E-state index contributed by atoms with van der Waals surface area (Å²) in [6, 6.07) is 5.45. The minimum atomic E-state index is -0.768. The first kappa shape index (κ1) is 20.9. The number of carbonyl (C=O) groups excluding carboxylic acids is 2. The quantitative estimate of drug-likeness (QED) is 0.452. The lowest BCUT2D eigenvalue weighted by Crippen LogP contribution is -2.32. The highest BCUT2D eigenvalue weighted by molar-refractivity contribution is 5.91. The van der Waals surface area contributed by atoms with Crippen molar-refractivity contribution in [3.05, 3.63) is 35.9 Å². The van der Waals surface area contributed by atoms with Gasteiger partial charge >= 0.3 is 5.97 Å². The van der Waals surface area contributed by atoms with Gasteiger partial charge in [0.1, 0.15) is 0 Å². The molecule has 156 valence electrons. The predicted molar refractivity (Wildman–Crippen MR) is 106 cm³/mol. The molecule has 1 N–H and O–H groups in total. The van der Waals surface area contributed by atoms with Crippen LogP contribution in [0.4, 0.5) is 0 Å². The number of carboxylic acids is 1. The van der Waals surface area contributed by atoms with Gasteiger partial charge in [0.05, 0.1) is 6.04 Å². The smallest absolute Gasteiger partial charge is 0.303 e. The lowest BCUT2D eigenvalue weighted by Gasteiger charge is -2.22. The number of aliphatic carboxylic acids is 1. The number of benzene rings is 1. The first-order valence-corrected chi connectivity index (χ1v) is 10.1. The lowest BCUT2D eigenvalue weighted by atomic mass is 10.1. The molecule has 1 fully saturated rings. The second kappa shape index (κ2) is 10.1. The van der Waals surface area contributed by atoms with Crippen molar-refractivity contribution in [2.24, 2.45) is 0 Å². The molecule has 0 radical (unpaired) electrons. The van der Waals surface area contributed by atoms with Crippen molar-refractivity contribution in [1.29, 1.82) is 0 Å². The van der Waals surface area contributed by atoms with Crippen molar-refractivity contribution in [3.63, 3.8) is 0 Å². The maximum absolute atomic E-state index is 12.3. The van der Waals surface area contributed by atoms with Gasteiger partial charge in [0.15, 0.2) is 17.3 Å². The minimum Gasteiger partial charge on any atom is -0.481 e. The van der Waals surface area contributed by atoms with Crippen LogP contribution < -0.4 is 9.47 Å². The van der Waals surface area contributed by atoms with Crippen molar-refractivity contribution in [1.82, 2.24) is 4.90 Å². The Kier molecular flexibility index (Phi) is 7.27. The van der Waals surface area contributed by atoms with E-state index in [1.807, 2.05) is 29.2 Å². The third-order valence-electron chi connectivity index (χ3n) is 5.23. The fourth-order valence-corrected chi connectivity index (χ4v) is 3.69. The van der Waals surface area contributed by atoms with Gasteiger partial charge in [-0.05, 0) is 43.0 Å². The average molecular weight is 401 g/mol. The van der Waals surface area contributed by atoms with Gasteiger partial charge in [-0.25, -0.2) is 0 Å². The summed E-state index contributed by atoms with van der Waals surface area (Å²) in [5, 5.41) is 8.65. The molecule has 0 saturated carbocycles. The van der Waals surface area contributed by atoms with E-state index >= 15 is 0 Å². The molecule has 3 rings (SSSR count). The Morgan fingerprint density at radius 3 is 2.76 bits per heavy atom. The SMILES string of the molecule is O=C(O)CCCCCCN1C(=O)CC[C@@H]1C=CC(=O)Cc1ccc2c(c1)OCO2. The summed E-state index contributed by atoms with van der Waals surface area (Å²) in [6.45, 7) is 0.856. The molecule has 29 heavy (non-hydrogen) atoms. The van der Waals surface area contributed by atoms with Crippen LogP contribution in [0.15, 0.2) is 30.4 Å². The van der Waals surface area contributed by atoms with E-state index in [1.54, 1.807) is 6.08 Å². The standard InChI is InChI=1S/C22H27NO6/c24-18(13-16-6-10-19-20(14-16)29-15-28-19)9-7-17-8-11-21(25)23(17)12-4-2-1-3-5-22(26)27/h6-7,9-10,14,17H,1-5,8,11-13,15H2,(H,26,27)/t17-/m0/s1. The van der Waals surface area contributed by atoms with Crippen LogP contribution in [0.5, 0.6) is 11.5 Å². The minimum absolute atomic E-state index is 0.0168. The third kappa shape index (κ3) is 6.07. The molecule has 0 spiro atoms. The maximum Gasteiger partial charge on any atom is 0.303 e. The average Bonchev–Trinajstić information content (AvgIpc) is 3.29. The molecular formula is C22H27NO6. The monoisotopic (exact) mass is 401 g/mol. The summed E-state index contributed by atoms with van der Waals surface area (Å²) in [5.41, 5.74) is 0.865. The Hall–Kier alpha value is -2.83. The fourth-order valence-electron chi connectivity index (χ4n) is 3.69. The number of carboxylic acid groups (broad SMARTS) is 1. The molecule has 0 aliphatic carbocycles. The number of nitrogens with zero attached hydrogens (tertiary/aromatic N) is 1. The number of carbonyl (C=O) groups is 3. The Morgan fingerprint density at radius 2 is 1.93 bits per heavy atom. The third-order valence-corrected chi connectivity index (χ3v) is 5.23. The molecule has 7 heteroatoms. The zero-order valence-electron chi connectivity index (χ0n) is 16.5. The molecule has 1 aromatic rings. The van der Waals surface area contributed by atoms with Crippen molar-refractivity contribution in [2.45, 2.75) is 57.4 Å². The van der Waals surface area contributed by atoms with Gasteiger partial charge in [0.25, 0.3) is 0 Å². The summed E-state index contributed by atoms with van der Waals surface area (Å²) in [4.78, 5) is 36.8. The number of fused-ring (bicyclic) bond motifs is 1. The second-order valence-corrected chi connectivity index (χ2v) is 7.44. The van der Waals surface area contributed by atoms with Crippen LogP contribution in [0.3, 0.4) is 0 Å². The van der Waals surface area contributed by atoms with Gasteiger partial charge in [0.2, 0.25) is 12.7 Å². The molecule has 2 aliphatic rings. The number of rotatable bonds is 11. The van der Waals surface area contributed by atoms with Crippen LogP contribution in [0.1, 0.15) is 50.5 Å². The Balaban J connectivity index is 1.44. The summed E-state index contributed by atoms with van der Waals surface area (Å²) < 4.78 is 10.6. The zero-order chi connectivity index (χ0) is 20.6. The van der Waals surface area contributed by atoms with Gasteiger partial charge < -0.3 is 19.5 Å². The first-order chi connectivity index (χ1) is 14.0. The number of ketones is 1. The summed E-state index contributed by atoms with van der Waals surface area (Å²) in [6.07, 6.45) is 8.38. The number of ether oxygens (including phenoxy) is 2. The van der Waals surface area contributed by atoms with Crippen LogP contribution in [-0.4, -0.2) is 47.0 Å². The largest absolute Gasteiger partial charge is 0.481 e. The van der Waals surface area contributed by atoms with Gasteiger partial charge in [0, 0.05) is 25.8 Å². The van der Waals surface area contributed by atoms with Crippen LogP contribution >= 0.6 is 0 Å². The summed E-state index contributed by atoms with van der Waals surface area (Å²) in [5.74, 6) is 0.690. The number of likely N-dealkylation sites (tertiary alicyclic amines) is 1. The van der Waals surface area contributed by atoms with Crippen LogP contribution in [-0.2, 0) is 20.8 Å². The van der Waals surface area contributed by atoms with E-state index < -0.39 is 5.97 Å². The van der Waals surface area contributed by atoms with Crippen molar-refractivity contribution in [2.75, 3.05) is 13.3 Å². The molecular weight excluding hydrogens is 374 g/mol. The van der Waals surface area contributed by atoms with Gasteiger partial charge in [-0.3, -0.25) is 14.4 Å². The Morgan fingerprint density at radius 1 is 1.14 bits per heavy atom. The highest BCUT2D eigenvalue weighted by Crippen LogP contribution is 2.32. The van der Waals surface area contributed by atoms with E-state index in [0.29, 0.717) is 30.9 Å². The lowest BCUT2D eigenvalue weighted by molar-refractivity contribution is -0.137. The highest BCUT2D eigenvalue weighted by atomic mass is 16.7. The predicted octanol–water partition coefficient (Wildman–Crippen LogP) is 3.11. The Labute approximate surface area is 170 Å². The first-order valence-electron chi connectivity index (χ1n) is 10.1. The summed E-state index contributed by atoms with van der Waals surface area (Å²) in [7, 11) is 0. The van der Waals surface area contributed by atoms with Gasteiger partial charge in [-0.15, -0.1) is 0 Å². The molecule has 1 atom stereocenters. The maximum atomic E-state index is 12.3. The molecule has 1 aromatic carbocycles. The molecule has 0 unspecified atom stereocenters. The van der Waals surface area contributed by atoms with E-state index in [-0.39, 0.29) is 37.4 Å². The number of allylic oxidation sites excluding steroid dienone is 1. The van der Waals surface area contributed by atoms with E-state index in [0.717, 1.165) is 31.2 Å². The highest BCUT2D eigenvalue weighted by Gasteiger charge is 2.28. The molecule has 2 heterocycles.